The SMILES string of the molecule is C=NCc1ccc2c(c1)C(C)(C)c1cc(-c3c4ccccc4c(-c4cccc(-c5ccccc5)c4)c4ccccc34)ccc1-2. The van der Waals surface area contributed by atoms with Crippen molar-refractivity contribution in [2.45, 2.75) is 25.8 Å². The molecule has 0 saturated heterocycles. The molecule has 0 saturated carbocycles. The van der Waals surface area contributed by atoms with Crippen molar-refractivity contribution in [3.63, 3.8) is 0 Å². The summed E-state index contributed by atoms with van der Waals surface area (Å²) in [4.78, 5) is 4.14. The van der Waals surface area contributed by atoms with Crippen LogP contribution in [0, 0.1) is 0 Å². The van der Waals surface area contributed by atoms with Gasteiger partial charge in [-0.1, -0.05) is 141 Å². The van der Waals surface area contributed by atoms with Gasteiger partial charge in [-0.15, -0.1) is 0 Å². The minimum atomic E-state index is -0.110. The molecule has 0 unspecified atom stereocenters. The van der Waals surface area contributed by atoms with Gasteiger partial charge >= 0.3 is 0 Å². The fourth-order valence-corrected chi connectivity index (χ4v) is 7.40. The van der Waals surface area contributed by atoms with Crippen LogP contribution in [0.5, 0.6) is 0 Å². The molecule has 0 bridgehead atoms. The normalized spacial score (nSPS) is 13.1. The molecule has 0 radical (unpaired) electrons. The molecule has 1 heteroatoms. The van der Waals surface area contributed by atoms with Crippen LogP contribution in [0.25, 0.3) is 66.1 Å². The van der Waals surface area contributed by atoms with Crippen molar-refractivity contribution < 1.29 is 0 Å². The van der Waals surface area contributed by atoms with Gasteiger partial charge in [-0.2, -0.15) is 0 Å². The fraction of sp³-hybridized carbons (Fsp3) is 0.0930. The molecule has 1 aliphatic carbocycles. The first-order valence-electron chi connectivity index (χ1n) is 15.3. The quantitative estimate of drug-likeness (QED) is 0.146. The van der Waals surface area contributed by atoms with E-state index in [2.05, 4.69) is 165 Å². The first-order valence-corrected chi connectivity index (χ1v) is 15.3. The van der Waals surface area contributed by atoms with E-state index in [0.717, 1.165) is 0 Å². The van der Waals surface area contributed by atoms with Crippen LogP contribution >= 0.6 is 0 Å². The highest BCUT2D eigenvalue weighted by Gasteiger charge is 2.36. The third-order valence-corrected chi connectivity index (χ3v) is 9.51. The van der Waals surface area contributed by atoms with Gasteiger partial charge < -0.3 is 0 Å². The summed E-state index contributed by atoms with van der Waals surface area (Å²) in [5, 5.41) is 5.10. The average Bonchev–Trinajstić information content (AvgIpc) is 3.29. The summed E-state index contributed by atoms with van der Waals surface area (Å²) in [5.74, 6) is 0. The third-order valence-electron chi connectivity index (χ3n) is 9.51. The molecule has 0 aliphatic heterocycles. The largest absolute Gasteiger partial charge is 0.296 e. The highest BCUT2D eigenvalue weighted by Crippen LogP contribution is 2.51. The first kappa shape index (κ1) is 26.4. The number of rotatable bonds is 5. The highest BCUT2D eigenvalue weighted by atomic mass is 14.7. The molecule has 7 aromatic rings. The Morgan fingerprint density at radius 1 is 0.477 bits per heavy atom. The number of fused-ring (bicyclic) bond motifs is 5. The van der Waals surface area contributed by atoms with Crippen molar-refractivity contribution in [1.29, 1.82) is 0 Å². The van der Waals surface area contributed by atoms with Crippen LogP contribution in [0.1, 0.15) is 30.5 Å². The number of hydrogen-bond donors (Lipinski definition) is 0. The second-order valence-electron chi connectivity index (χ2n) is 12.4. The predicted molar refractivity (Wildman–Crippen MR) is 189 cm³/mol. The van der Waals surface area contributed by atoms with Crippen molar-refractivity contribution in [2.75, 3.05) is 0 Å². The molecule has 210 valence electrons. The number of hydrogen-bond acceptors (Lipinski definition) is 1. The van der Waals surface area contributed by atoms with Crippen molar-refractivity contribution in [1.82, 2.24) is 0 Å². The molecule has 0 N–H and O–H groups in total. The van der Waals surface area contributed by atoms with Gasteiger partial charge in [0.25, 0.3) is 0 Å². The maximum atomic E-state index is 4.14. The second kappa shape index (κ2) is 10.2. The van der Waals surface area contributed by atoms with Crippen LogP contribution in [-0.2, 0) is 12.0 Å². The summed E-state index contributed by atoms with van der Waals surface area (Å²) in [5.41, 5.74) is 14.0. The Labute approximate surface area is 259 Å². The molecule has 0 spiro atoms. The standard InChI is InChI=1S/C43H33N/c1-43(2)39-24-28(27-44-3)20-22-33(39)34-23-21-32(26-40(34)43)42-37-18-9-7-16-35(37)41(36-17-8-10-19-38(36)42)31-15-11-14-30(25-31)29-12-5-4-6-13-29/h4-26H,3,27H2,1-2H3. The van der Waals surface area contributed by atoms with Gasteiger partial charge in [0.1, 0.15) is 0 Å². The van der Waals surface area contributed by atoms with Crippen molar-refractivity contribution in [2.24, 2.45) is 4.99 Å². The summed E-state index contributed by atoms with van der Waals surface area (Å²) >= 11 is 0. The van der Waals surface area contributed by atoms with Gasteiger partial charge in [0.15, 0.2) is 0 Å². The summed E-state index contributed by atoms with van der Waals surface area (Å²) in [6.07, 6.45) is 0. The summed E-state index contributed by atoms with van der Waals surface area (Å²) in [6.45, 7) is 9.06. The van der Waals surface area contributed by atoms with Crippen LogP contribution < -0.4 is 0 Å². The zero-order chi connectivity index (χ0) is 29.8. The third kappa shape index (κ3) is 4.04. The lowest BCUT2D eigenvalue weighted by molar-refractivity contribution is 0.659. The Bertz CT molecular complexity index is 2180. The van der Waals surface area contributed by atoms with Crippen LogP contribution in [-0.4, -0.2) is 6.72 Å². The van der Waals surface area contributed by atoms with E-state index < -0.39 is 0 Å². The van der Waals surface area contributed by atoms with Crippen LogP contribution in [0.2, 0.25) is 0 Å². The van der Waals surface area contributed by atoms with E-state index in [1.54, 1.807) is 0 Å². The van der Waals surface area contributed by atoms with E-state index in [-0.39, 0.29) is 5.41 Å². The number of benzene rings is 7. The van der Waals surface area contributed by atoms with Gasteiger partial charge in [0.05, 0.1) is 6.54 Å². The molecule has 7 aromatic carbocycles. The number of nitrogens with zero attached hydrogens (tertiary/aromatic N) is 1. The summed E-state index contributed by atoms with van der Waals surface area (Å²) in [7, 11) is 0. The maximum absolute atomic E-state index is 4.14. The van der Waals surface area contributed by atoms with E-state index in [1.165, 1.54) is 82.7 Å². The van der Waals surface area contributed by atoms with Crippen LogP contribution in [0.3, 0.4) is 0 Å². The number of aliphatic imine (C=N–C) groups is 1. The highest BCUT2D eigenvalue weighted by molar-refractivity contribution is 6.21. The molecule has 0 aromatic heterocycles. The van der Waals surface area contributed by atoms with Crippen molar-refractivity contribution >= 4 is 28.3 Å². The Kier molecular flexibility index (Phi) is 6.10. The van der Waals surface area contributed by atoms with Crippen LogP contribution in [0.4, 0.5) is 0 Å². The average molecular weight is 564 g/mol. The Hall–Kier alpha value is -5.27. The van der Waals surface area contributed by atoms with Gasteiger partial charge in [-0.05, 0) is 102 Å². The molecular formula is C43H33N. The Morgan fingerprint density at radius 2 is 0.977 bits per heavy atom. The predicted octanol–water partition coefficient (Wildman–Crippen LogP) is 11.5. The zero-order valence-corrected chi connectivity index (χ0v) is 25.1. The van der Waals surface area contributed by atoms with Gasteiger partial charge in [-0.3, -0.25) is 4.99 Å². The molecular weight excluding hydrogens is 530 g/mol. The topological polar surface area (TPSA) is 12.4 Å². The molecule has 44 heavy (non-hydrogen) atoms. The van der Waals surface area contributed by atoms with Crippen LogP contribution in [0.15, 0.2) is 145 Å². The van der Waals surface area contributed by atoms with E-state index in [4.69, 9.17) is 0 Å². The molecule has 0 amide bonds. The molecule has 8 rings (SSSR count). The lowest BCUT2D eigenvalue weighted by Crippen LogP contribution is -2.15. The summed E-state index contributed by atoms with van der Waals surface area (Å²) in [6, 6.07) is 51.4. The zero-order valence-electron chi connectivity index (χ0n) is 25.1. The fourth-order valence-electron chi connectivity index (χ4n) is 7.40. The van der Waals surface area contributed by atoms with E-state index in [1.807, 2.05) is 0 Å². The van der Waals surface area contributed by atoms with Crippen molar-refractivity contribution in [3.05, 3.63) is 156 Å². The lowest BCUT2D eigenvalue weighted by Gasteiger charge is -2.23. The Balaban J connectivity index is 1.36. The smallest absolute Gasteiger partial charge is 0.0632 e. The summed E-state index contributed by atoms with van der Waals surface area (Å²) < 4.78 is 0. The molecule has 1 aliphatic rings. The minimum Gasteiger partial charge on any atom is -0.296 e. The minimum absolute atomic E-state index is 0.110. The van der Waals surface area contributed by atoms with E-state index in [0.29, 0.717) is 6.54 Å². The van der Waals surface area contributed by atoms with E-state index in [9.17, 15) is 0 Å². The first-order chi connectivity index (χ1) is 21.5. The second-order valence-corrected chi connectivity index (χ2v) is 12.4. The molecule has 0 fully saturated rings. The van der Waals surface area contributed by atoms with Gasteiger partial charge in [0.2, 0.25) is 0 Å². The Morgan fingerprint density at radius 3 is 1.59 bits per heavy atom. The van der Waals surface area contributed by atoms with Gasteiger partial charge in [0, 0.05) is 5.41 Å². The van der Waals surface area contributed by atoms with Crippen molar-refractivity contribution in [3.8, 4) is 44.5 Å². The molecule has 1 nitrogen and oxygen atoms in total. The van der Waals surface area contributed by atoms with E-state index >= 15 is 0 Å². The maximum Gasteiger partial charge on any atom is 0.0632 e. The molecule has 0 heterocycles. The molecule has 0 atom stereocenters. The van der Waals surface area contributed by atoms with Gasteiger partial charge in [-0.25, -0.2) is 0 Å². The monoisotopic (exact) mass is 563 g/mol. The lowest BCUT2D eigenvalue weighted by atomic mass is 9.80.